The molecule has 1 aliphatic heterocycles. The van der Waals surface area contributed by atoms with E-state index >= 15 is 0 Å². The molecule has 0 bridgehead atoms. The van der Waals surface area contributed by atoms with Gasteiger partial charge in [-0.2, -0.15) is 5.10 Å². The van der Waals surface area contributed by atoms with Crippen molar-refractivity contribution in [3.8, 4) is 11.5 Å². The van der Waals surface area contributed by atoms with Crippen molar-refractivity contribution < 1.29 is 23.7 Å². The van der Waals surface area contributed by atoms with E-state index < -0.39 is 12.2 Å². The largest absolute Gasteiger partial charge is 0.493 e. The van der Waals surface area contributed by atoms with Crippen molar-refractivity contribution in [3.05, 3.63) is 68.6 Å². The van der Waals surface area contributed by atoms with Gasteiger partial charge < -0.3 is 30.1 Å². The van der Waals surface area contributed by atoms with E-state index in [1.54, 1.807) is 26.5 Å². The highest BCUT2D eigenvalue weighted by Crippen LogP contribution is 2.44. The van der Waals surface area contributed by atoms with Gasteiger partial charge in [-0.1, -0.05) is 23.7 Å². The molecule has 0 unspecified atom stereocenters. The molecule has 3 N–H and O–H groups in total. The fourth-order valence-corrected chi connectivity index (χ4v) is 5.18. The number of amidine groups is 1. The molecular formula is C25H27ClN4O5S. The van der Waals surface area contributed by atoms with Gasteiger partial charge in [0.05, 0.1) is 32.8 Å². The van der Waals surface area contributed by atoms with Gasteiger partial charge in [0.15, 0.2) is 17.3 Å². The van der Waals surface area contributed by atoms with Crippen LogP contribution in [0.2, 0.25) is 5.02 Å². The summed E-state index contributed by atoms with van der Waals surface area (Å²) in [7, 11) is 4.55. The number of carbonyl (C=O) groups excluding carboxylic acids is 1. The van der Waals surface area contributed by atoms with Gasteiger partial charge in [-0.15, -0.1) is 11.3 Å². The fraction of sp³-hybridized carbons (Fsp3) is 0.320. The normalized spacial score (nSPS) is 18.2. The number of thiazole rings is 1. The molecule has 1 aliphatic rings. The number of nitrogens with two attached hydrogens (primary N) is 1. The Bertz CT molecular complexity index is 1260. The summed E-state index contributed by atoms with van der Waals surface area (Å²) in [5.74, 6) is 7.13. The van der Waals surface area contributed by atoms with Crippen LogP contribution in [-0.2, 0) is 27.1 Å². The number of esters is 1. The number of aryl methyl sites for hydroxylation is 1. The number of rotatable bonds is 8. The minimum Gasteiger partial charge on any atom is -0.493 e. The average molecular weight is 531 g/mol. The molecule has 0 fully saturated rings. The highest BCUT2D eigenvalue weighted by atomic mass is 35.5. The summed E-state index contributed by atoms with van der Waals surface area (Å²) in [5, 5.41) is 8.69. The van der Waals surface area contributed by atoms with Gasteiger partial charge in [-0.3, -0.25) is 4.79 Å². The van der Waals surface area contributed by atoms with E-state index in [4.69, 9.17) is 36.4 Å². The number of aromatic nitrogens is 1. The Morgan fingerprint density at radius 2 is 2.06 bits per heavy atom. The summed E-state index contributed by atoms with van der Waals surface area (Å²) in [4.78, 5) is 17.0. The molecule has 1 aromatic heterocycles. The maximum absolute atomic E-state index is 11.5. The number of hydrogen-bond acceptors (Lipinski definition) is 9. The Morgan fingerprint density at radius 3 is 2.78 bits per heavy atom. The number of anilines is 1. The number of nitrogens with one attached hydrogen (secondary N) is 1. The number of halogens is 1. The molecule has 36 heavy (non-hydrogen) atoms. The van der Waals surface area contributed by atoms with Gasteiger partial charge in [0.2, 0.25) is 0 Å². The number of methoxy groups -OCH3 is 3. The molecule has 0 aliphatic carbocycles. The van der Waals surface area contributed by atoms with Crippen LogP contribution in [-0.4, -0.2) is 44.2 Å². The number of carbonyl (C=O) groups is 1. The second-order valence-corrected chi connectivity index (χ2v) is 9.60. The van der Waals surface area contributed by atoms with Gasteiger partial charge in [-0.05, 0) is 30.7 Å². The number of nitrogens with zero attached hydrogens (tertiary/aromatic N) is 2. The molecule has 0 amide bonds. The lowest BCUT2D eigenvalue weighted by Crippen LogP contribution is -2.32. The molecule has 0 saturated carbocycles. The first-order valence-corrected chi connectivity index (χ1v) is 12.4. The van der Waals surface area contributed by atoms with Crippen LogP contribution < -0.4 is 20.6 Å². The number of benzene rings is 2. The van der Waals surface area contributed by atoms with E-state index in [1.807, 2.05) is 30.3 Å². The first kappa shape index (κ1) is 25.7. The Labute approximate surface area is 218 Å². The summed E-state index contributed by atoms with van der Waals surface area (Å²) in [6.45, 7) is 0. The SMILES string of the molecule is COC(=O)CCc1cnc(C[C@H]2O[C@H](c3cccc(OC)c3OC)c3cc(Cl)ccc3N/C2=N\N)s1. The molecule has 9 nitrogen and oxygen atoms in total. The summed E-state index contributed by atoms with van der Waals surface area (Å²) in [6, 6.07) is 11.1. The molecule has 3 aromatic rings. The molecule has 11 heteroatoms. The van der Waals surface area contributed by atoms with Crippen LogP contribution in [0.15, 0.2) is 47.7 Å². The molecular weight excluding hydrogens is 504 g/mol. The summed E-state index contributed by atoms with van der Waals surface area (Å²) < 4.78 is 22.6. The van der Waals surface area contributed by atoms with Crippen molar-refractivity contribution in [1.29, 1.82) is 0 Å². The zero-order valence-electron chi connectivity index (χ0n) is 20.1. The second-order valence-electron chi connectivity index (χ2n) is 7.96. The van der Waals surface area contributed by atoms with Gasteiger partial charge in [0.1, 0.15) is 12.2 Å². The van der Waals surface area contributed by atoms with Crippen molar-refractivity contribution in [2.24, 2.45) is 10.9 Å². The van der Waals surface area contributed by atoms with Gasteiger partial charge in [0, 0.05) is 39.3 Å². The van der Waals surface area contributed by atoms with Crippen LogP contribution in [0.25, 0.3) is 0 Å². The topological polar surface area (TPSA) is 117 Å². The number of para-hydroxylation sites is 1. The molecule has 2 atom stereocenters. The Morgan fingerprint density at radius 1 is 1.22 bits per heavy atom. The van der Waals surface area contributed by atoms with E-state index in [0.717, 1.165) is 26.7 Å². The standard InChI is InChI=1S/C25H27ClN4O5S/c1-32-19-6-4-5-16(24(19)34-3)23-17-11-14(26)7-9-18(17)29-25(30-27)20(35-23)12-21-28-13-15(36-21)8-10-22(31)33-2/h4-7,9,11,13,20,23H,8,10,12,27H2,1-3H3,(H,29,30)/t20-,23-/m1/s1. The first-order chi connectivity index (χ1) is 17.5. The van der Waals surface area contributed by atoms with Gasteiger partial charge in [0.25, 0.3) is 0 Å². The van der Waals surface area contributed by atoms with Crippen LogP contribution in [0.4, 0.5) is 5.69 Å². The third-order valence-corrected chi connectivity index (χ3v) is 7.10. The predicted molar refractivity (Wildman–Crippen MR) is 139 cm³/mol. The van der Waals surface area contributed by atoms with E-state index in [9.17, 15) is 4.79 Å². The van der Waals surface area contributed by atoms with Crippen LogP contribution >= 0.6 is 22.9 Å². The van der Waals surface area contributed by atoms with E-state index in [2.05, 4.69) is 15.4 Å². The van der Waals surface area contributed by atoms with Crippen LogP contribution in [0.3, 0.4) is 0 Å². The molecule has 0 saturated heterocycles. The van der Waals surface area contributed by atoms with Crippen LogP contribution in [0.1, 0.15) is 33.5 Å². The number of hydrogen-bond donors (Lipinski definition) is 2. The summed E-state index contributed by atoms with van der Waals surface area (Å²) in [5.41, 5.74) is 2.33. The Hall–Kier alpha value is -3.34. The number of ether oxygens (including phenoxy) is 4. The third kappa shape index (κ3) is 5.56. The highest BCUT2D eigenvalue weighted by Gasteiger charge is 2.33. The summed E-state index contributed by atoms with van der Waals surface area (Å²) >= 11 is 7.89. The van der Waals surface area contributed by atoms with Crippen molar-refractivity contribution in [2.45, 2.75) is 31.5 Å². The maximum Gasteiger partial charge on any atom is 0.305 e. The summed E-state index contributed by atoms with van der Waals surface area (Å²) in [6.07, 6.45) is 1.91. The fourth-order valence-electron chi connectivity index (χ4n) is 4.05. The maximum atomic E-state index is 11.5. The molecule has 0 radical (unpaired) electrons. The molecule has 4 rings (SSSR count). The lowest BCUT2D eigenvalue weighted by atomic mass is 9.98. The average Bonchev–Trinajstić information content (AvgIpc) is 3.29. The minimum absolute atomic E-state index is 0.259. The third-order valence-electron chi connectivity index (χ3n) is 5.78. The monoisotopic (exact) mass is 530 g/mol. The van der Waals surface area contributed by atoms with Crippen molar-refractivity contribution in [1.82, 2.24) is 4.98 Å². The van der Waals surface area contributed by atoms with E-state index in [0.29, 0.717) is 41.6 Å². The zero-order chi connectivity index (χ0) is 25.7. The zero-order valence-corrected chi connectivity index (χ0v) is 21.7. The molecule has 0 spiro atoms. The first-order valence-electron chi connectivity index (χ1n) is 11.2. The quantitative estimate of drug-likeness (QED) is 0.251. The highest BCUT2D eigenvalue weighted by molar-refractivity contribution is 7.11. The van der Waals surface area contributed by atoms with Crippen LogP contribution in [0, 0.1) is 0 Å². The predicted octanol–water partition coefficient (Wildman–Crippen LogP) is 4.33. The molecule has 2 aromatic carbocycles. The minimum atomic E-state index is -0.570. The Balaban J connectivity index is 1.70. The van der Waals surface area contributed by atoms with Crippen molar-refractivity contribution in [2.75, 3.05) is 26.6 Å². The van der Waals surface area contributed by atoms with E-state index in [-0.39, 0.29) is 5.97 Å². The van der Waals surface area contributed by atoms with Crippen molar-refractivity contribution >= 4 is 40.4 Å². The smallest absolute Gasteiger partial charge is 0.305 e. The van der Waals surface area contributed by atoms with Gasteiger partial charge >= 0.3 is 5.97 Å². The van der Waals surface area contributed by atoms with Crippen LogP contribution in [0.5, 0.6) is 11.5 Å². The second kappa shape index (κ2) is 11.6. The van der Waals surface area contributed by atoms with E-state index in [1.165, 1.54) is 18.4 Å². The lowest BCUT2D eigenvalue weighted by Gasteiger charge is -2.24. The molecule has 190 valence electrons. The lowest BCUT2D eigenvalue weighted by molar-refractivity contribution is -0.140. The van der Waals surface area contributed by atoms with Crippen molar-refractivity contribution in [3.63, 3.8) is 0 Å². The molecule has 2 heterocycles. The Kier molecular flexibility index (Phi) is 8.29. The number of fused-ring (bicyclic) bond motifs is 1. The number of hydrazone groups is 1. The van der Waals surface area contributed by atoms with Gasteiger partial charge in [-0.25, -0.2) is 4.98 Å².